The van der Waals surface area contributed by atoms with Gasteiger partial charge >= 0.3 is 5.97 Å². The van der Waals surface area contributed by atoms with E-state index in [9.17, 15) is 9.59 Å². The van der Waals surface area contributed by atoms with Crippen molar-refractivity contribution in [3.63, 3.8) is 0 Å². The molecule has 0 aliphatic rings. The van der Waals surface area contributed by atoms with Gasteiger partial charge in [0.15, 0.2) is 0 Å². The molecule has 0 atom stereocenters. The number of nitrogens with one attached hydrogen (secondary N) is 1. The van der Waals surface area contributed by atoms with E-state index in [0.717, 1.165) is 0 Å². The zero-order valence-electron chi connectivity index (χ0n) is 8.46. The summed E-state index contributed by atoms with van der Waals surface area (Å²) < 4.78 is 4.54. The highest BCUT2D eigenvalue weighted by molar-refractivity contribution is 6.23. The summed E-state index contributed by atoms with van der Waals surface area (Å²) in [5, 5.41) is 11.0. The molecule has 0 aromatic heterocycles. The number of ether oxygens (including phenoxy) is 1. The number of rotatable bonds is 4. The molecule has 1 amide bonds. The molecular weight excluding hydrogens is 184 g/mol. The smallest absolute Gasteiger partial charge is 0.349 e. The molecule has 5 heteroatoms. The van der Waals surface area contributed by atoms with Crippen LogP contribution in [0.2, 0.25) is 0 Å². The second-order valence-electron chi connectivity index (χ2n) is 2.84. The number of nitrogens with zero attached hydrogens (tertiary/aromatic N) is 1. The van der Waals surface area contributed by atoms with Crippen LogP contribution in [0.5, 0.6) is 0 Å². The third kappa shape index (κ3) is 3.87. The first-order valence-corrected chi connectivity index (χ1v) is 4.28. The van der Waals surface area contributed by atoms with E-state index in [1.54, 1.807) is 20.8 Å². The van der Waals surface area contributed by atoms with Crippen molar-refractivity contribution >= 4 is 17.7 Å². The van der Waals surface area contributed by atoms with E-state index in [4.69, 9.17) is 5.41 Å². The second-order valence-corrected chi connectivity index (χ2v) is 2.84. The fourth-order valence-electron chi connectivity index (χ4n) is 0.727. The first-order valence-electron chi connectivity index (χ1n) is 4.28. The van der Waals surface area contributed by atoms with Gasteiger partial charge in [-0.2, -0.15) is 0 Å². The fraction of sp³-hybridized carbons (Fsp3) is 0.556. The van der Waals surface area contributed by atoms with Gasteiger partial charge in [0, 0.05) is 6.04 Å². The van der Waals surface area contributed by atoms with Gasteiger partial charge in [-0.3, -0.25) is 4.79 Å². The minimum atomic E-state index is -0.881. The topological polar surface area (TPSA) is 77.7 Å². The van der Waals surface area contributed by atoms with Crippen LogP contribution in [0.15, 0.2) is 5.57 Å². The molecule has 78 valence electrons. The first kappa shape index (κ1) is 12.4. The number of hydrogen-bond acceptors (Lipinski definition) is 3. The molecule has 0 aromatic carbocycles. The van der Waals surface area contributed by atoms with E-state index in [2.05, 4.69) is 10.1 Å². The molecule has 0 aliphatic heterocycles. The minimum absolute atomic E-state index is 0.125. The Morgan fingerprint density at radius 1 is 1.50 bits per heavy atom. The van der Waals surface area contributed by atoms with Crippen LogP contribution in [0.1, 0.15) is 20.8 Å². The summed E-state index contributed by atoms with van der Waals surface area (Å²) in [6.07, 6.45) is 0. The molecule has 14 heavy (non-hydrogen) atoms. The van der Waals surface area contributed by atoms with Crippen molar-refractivity contribution in [3.8, 4) is 0 Å². The summed E-state index contributed by atoms with van der Waals surface area (Å²) in [5.41, 5.74) is -0.513. The summed E-state index contributed by atoms with van der Waals surface area (Å²) in [6, 6.07) is -0.125. The molecule has 0 saturated carbocycles. The molecule has 0 heterocycles. The van der Waals surface area contributed by atoms with Crippen molar-refractivity contribution in [1.82, 2.24) is 5.32 Å². The predicted molar refractivity (Wildman–Crippen MR) is 51.8 cm³/mol. The Morgan fingerprint density at radius 2 is 2.07 bits per heavy atom. The van der Waals surface area contributed by atoms with Crippen molar-refractivity contribution in [3.05, 3.63) is 11.0 Å². The maximum Gasteiger partial charge on any atom is 0.349 e. The van der Waals surface area contributed by atoms with E-state index in [0.29, 0.717) is 0 Å². The van der Waals surface area contributed by atoms with Gasteiger partial charge in [-0.15, -0.1) is 0 Å². The maximum absolute atomic E-state index is 11.2. The largest absolute Gasteiger partial charge is 0.762 e. The molecule has 0 fully saturated rings. The minimum Gasteiger partial charge on any atom is -0.762 e. The van der Waals surface area contributed by atoms with Gasteiger partial charge in [-0.05, 0) is 20.8 Å². The highest BCUT2D eigenvalue weighted by Gasteiger charge is 2.17. The van der Waals surface area contributed by atoms with Gasteiger partial charge in [0.1, 0.15) is 5.57 Å². The normalized spacial score (nSPS) is 9.14. The van der Waals surface area contributed by atoms with Crippen molar-refractivity contribution in [1.29, 1.82) is 0 Å². The average molecular weight is 197 g/mol. The van der Waals surface area contributed by atoms with Crippen molar-refractivity contribution in [2.75, 3.05) is 6.61 Å². The van der Waals surface area contributed by atoms with Crippen LogP contribution >= 0.6 is 0 Å². The van der Waals surface area contributed by atoms with E-state index < -0.39 is 17.4 Å². The third-order valence-electron chi connectivity index (χ3n) is 1.24. The van der Waals surface area contributed by atoms with E-state index in [1.165, 1.54) is 5.87 Å². The summed E-state index contributed by atoms with van der Waals surface area (Å²) >= 11 is 0. The highest BCUT2D eigenvalue weighted by atomic mass is 16.5. The number of amides is 1. The SMILES string of the molecule is CCOC(=O)C(=C=[N-])C(=O)NC(C)C. The molecule has 0 aromatic rings. The van der Waals surface area contributed by atoms with Crippen LogP contribution in [0.4, 0.5) is 0 Å². The molecule has 1 N–H and O–H groups in total. The monoisotopic (exact) mass is 197 g/mol. The highest BCUT2D eigenvalue weighted by Crippen LogP contribution is 1.95. The van der Waals surface area contributed by atoms with Gasteiger partial charge in [-0.1, -0.05) is 0 Å². The van der Waals surface area contributed by atoms with Crippen LogP contribution in [0, 0.1) is 0 Å². The van der Waals surface area contributed by atoms with Crippen molar-refractivity contribution in [2.45, 2.75) is 26.8 Å². The van der Waals surface area contributed by atoms with Crippen LogP contribution < -0.4 is 5.32 Å². The zero-order chi connectivity index (χ0) is 11.1. The van der Waals surface area contributed by atoms with E-state index >= 15 is 0 Å². The van der Waals surface area contributed by atoms with Crippen LogP contribution in [0.25, 0.3) is 5.41 Å². The lowest BCUT2D eigenvalue weighted by atomic mass is 10.2. The van der Waals surface area contributed by atoms with Gasteiger partial charge in [0.25, 0.3) is 5.91 Å². The summed E-state index contributed by atoms with van der Waals surface area (Å²) in [7, 11) is 0. The Hall–Kier alpha value is -1.61. The van der Waals surface area contributed by atoms with E-state index in [1.807, 2.05) is 0 Å². The van der Waals surface area contributed by atoms with Crippen molar-refractivity contribution < 1.29 is 14.3 Å². The quantitative estimate of drug-likeness (QED) is 0.230. The summed E-state index contributed by atoms with van der Waals surface area (Å²) in [4.78, 5) is 22.3. The molecule has 5 nitrogen and oxygen atoms in total. The molecule has 0 saturated heterocycles. The standard InChI is InChI=1S/C9H13N2O3/c1-4-14-9(13)7(5-10)8(12)11-6(2)3/h6H,4H2,1-3H3,(H,11,12)/q-1. The zero-order valence-corrected chi connectivity index (χ0v) is 8.46. The summed E-state index contributed by atoms with van der Waals surface area (Å²) in [5.74, 6) is -0.0531. The molecule has 0 radical (unpaired) electrons. The predicted octanol–water partition coefficient (Wildman–Crippen LogP) is 0.240. The average Bonchev–Trinajstić information content (AvgIpc) is 2.04. The molecule has 0 unspecified atom stereocenters. The van der Waals surface area contributed by atoms with Crippen LogP contribution in [-0.2, 0) is 14.3 Å². The lowest BCUT2D eigenvalue weighted by Gasteiger charge is -2.09. The Morgan fingerprint density at radius 3 is 2.43 bits per heavy atom. The van der Waals surface area contributed by atoms with Crippen LogP contribution in [-0.4, -0.2) is 30.4 Å². The van der Waals surface area contributed by atoms with Gasteiger partial charge in [0.05, 0.1) is 6.61 Å². The molecule has 0 spiro atoms. The Balaban J connectivity index is 4.51. The van der Waals surface area contributed by atoms with Gasteiger partial charge in [-0.25, -0.2) is 10.7 Å². The summed E-state index contributed by atoms with van der Waals surface area (Å²) in [6.45, 7) is 5.21. The molecule has 0 aliphatic carbocycles. The maximum atomic E-state index is 11.2. The lowest BCUT2D eigenvalue weighted by Crippen LogP contribution is -2.34. The fourth-order valence-corrected chi connectivity index (χ4v) is 0.727. The Labute approximate surface area is 82.6 Å². The number of esters is 1. The van der Waals surface area contributed by atoms with Gasteiger partial charge in [0.2, 0.25) is 0 Å². The van der Waals surface area contributed by atoms with Gasteiger partial charge < -0.3 is 15.5 Å². The lowest BCUT2D eigenvalue weighted by molar-refractivity contribution is -0.140. The Bertz CT molecular complexity index is 278. The number of carbonyl (C=O) groups excluding carboxylic acids is 2. The van der Waals surface area contributed by atoms with Crippen LogP contribution in [0.3, 0.4) is 0 Å². The van der Waals surface area contributed by atoms with Crippen molar-refractivity contribution in [2.24, 2.45) is 0 Å². The number of hydrogen-bond donors (Lipinski definition) is 1. The molecule has 0 rings (SSSR count). The van der Waals surface area contributed by atoms with E-state index in [-0.39, 0.29) is 12.6 Å². The molecule has 0 bridgehead atoms. The number of carbonyl (C=O) groups is 2. The first-order chi connectivity index (χ1) is 6.52. The molecular formula is C9H13N2O3-. The Kier molecular flexibility index (Phi) is 5.26. The third-order valence-corrected chi connectivity index (χ3v) is 1.24. The second kappa shape index (κ2) is 5.94.